The van der Waals surface area contributed by atoms with Crippen molar-refractivity contribution in [2.45, 2.75) is 62.6 Å². The number of fused-ring (bicyclic) bond motifs is 1. The van der Waals surface area contributed by atoms with E-state index in [0.29, 0.717) is 31.2 Å². The van der Waals surface area contributed by atoms with Gasteiger partial charge in [0.05, 0.1) is 17.6 Å². The van der Waals surface area contributed by atoms with Crippen molar-refractivity contribution in [3.8, 4) is 11.5 Å². The third-order valence-electron chi connectivity index (χ3n) is 6.09. The molecule has 170 valence electrons. The van der Waals surface area contributed by atoms with Gasteiger partial charge >= 0.3 is 6.29 Å². The van der Waals surface area contributed by atoms with E-state index in [1.807, 2.05) is 25.2 Å². The van der Waals surface area contributed by atoms with Crippen LogP contribution in [0.4, 0.5) is 8.78 Å². The van der Waals surface area contributed by atoms with Crippen LogP contribution >= 0.6 is 0 Å². The maximum Gasteiger partial charge on any atom is 0.586 e. The van der Waals surface area contributed by atoms with Gasteiger partial charge in [-0.3, -0.25) is 4.79 Å². The molecule has 1 aliphatic carbocycles. The fourth-order valence-corrected chi connectivity index (χ4v) is 4.41. The van der Waals surface area contributed by atoms with Crippen LogP contribution in [0.3, 0.4) is 0 Å². The molecule has 7 heteroatoms. The monoisotopic (exact) mass is 443 g/mol. The molecule has 0 bridgehead atoms. The third kappa shape index (κ3) is 4.48. The number of hydrogen-bond donors (Lipinski definition) is 1. The molecule has 1 saturated carbocycles. The maximum absolute atomic E-state index is 13.4. The number of hydrogen-bond acceptors (Lipinski definition) is 4. The summed E-state index contributed by atoms with van der Waals surface area (Å²) >= 11 is 0. The lowest BCUT2D eigenvalue weighted by Gasteiger charge is -2.35. The van der Waals surface area contributed by atoms with Crippen LogP contribution in [0.5, 0.6) is 11.5 Å². The van der Waals surface area contributed by atoms with Crippen molar-refractivity contribution < 1.29 is 27.8 Å². The molecule has 0 spiro atoms. The summed E-state index contributed by atoms with van der Waals surface area (Å²) in [7, 11) is 0. The molecule has 2 aliphatic heterocycles. The van der Waals surface area contributed by atoms with Crippen LogP contribution in [0.2, 0.25) is 0 Å². The Balaban J connectivity index is 1.48. The number of ether oxygens (including phenoxy) is 3. The van der Waals surface area contributed by atoms with Gasteiger partial charge in [0, 0.05) is 6.04 Å². The number of carbonyl (C=O) groups excluding carboxylic acids is 1. The predicted molar refractivity (Wildman–Crippen MR) is 117 cm³/mol. The summed E-state index contributed by atoms with van der Waals surface area (Å²) in [4.78, 5) is 13.3. The molecule has 2 fully saturated rings. The van der Waals surface area contributed by atoms with E-state index in [1.54, 1.807) is 18.2 Å². The van der Waals surface area contributed by atoms with Crippen molar-refractivity contribution in [3.05, 3.63) is 72.9 Å². The Morgan fingerprint density at radius 3 is 2.59 bits per heavy atom. The van der Waals surface area contributed by atoms with E-state index in [1.165, 1.54) is 12.1 Å². The minimum absolute atomic E-state index is 0.0230. The van der Waals surface area contributed by atoms with Gasteiger partial charge in [0.15, 0.2) is 11.5 Å². The molecular weight excluding hydrogens is 416 g/mol. The molecule has 3 aliphatic rings. The third-order valence-corrected chi connectivity index (χ3v) is 6.09. The fraction of sp³-hybridized carbons (Fsp3) is 0.400. The number of halogens is 2. The van der Waals surface area contributed by atoms with Gasteiger partial charge < -0.3 is 19.5 Å². The largest absolute Gasteiger partial charge is 0.586 e. The van der Waals surface area contributed by atoms with E-state index >= 15 is 0 Å². The molecule has 1 aromatic rings. The molecule has 0 radical (unpaired) electrons. The Hall–Kier alpha value is -2.93. The van der Waals surface area contributed by atoms with E-state index in [0.717, 1.165) is 5.57 Å². The van der Waals surface area contributed by atoms with E-state index in [9.17, 15) is 13.6 Å². The van der Waals surface area contributed by atoms with Gasteiger partial charge in [-0.15, -0.1) is 8.78 Å². The minimum atomic E-state index is -3.68. The molecule has 1 amide bonds. The van der Waals surface area contributed by atoms with Crippen molar-refractivity contribution in [3.63, 3.8) is 0 Å². The molecule has 4 rings (SSSR count). The number of benzene rings is 1. The van der Waals surface area contributed by atoms with Gasteiger partial charge in [-0.1, -0.05) is 49.6 Å². The molecule has 1 N–H and O–H groups in total. The van der Waals surface area contributed by atoms with Crippen LogP contribution in [0.1, 0.15) is 38.2 Å². The Kier molecular flexibility index (Phi) is 5.95. The first-order valence-electron chi connectivity index (χ1n) is 10.7. The van der Waals surface area contributed by atoms with Crippen molar-refractivity contribution in [2.75, 3.05) is 0 Å². The van der Waals surface area contributed by atoms with Gasteiger partial charge in [-0.2, -0.15) is 0 Å². The molecule has 0 unspecified atom stereocenters. The highest BCUT2D eigenvalue weighted by molar-refractivity contribution is 5.91. The average molecular weight is 443 g/mol. The van der Waals surface area contributed by atoms with E-state index in [4.69, 9.17) is 4.74 Å². The van der Waals surface area contributed by atoms with Crippen LogP contribution in [-0.2, 0) is 14.9 Å². The molecule has 5 nitrogen and oxygen atoms in total. The molecule has 0 aromatic heterocycles. The SMILES string of the molecule is C=C/C=C\C(=C/C=C)[C@@H]1C[C@@H](NC(=O)C2(c3ccc4c(c3)OC(F)(F)O4)CC2)C[C@H](C)O1. The topological polar surface area (TPSA) is 56.8 Å². The fourth-order valence-electron chi connectivity index (χ4n) is 4.41. The van der Waals surface area contributed by atoms with Crippen molar-refractivity contribution in [2.24, 2.45) is 0 Å². The van der Waals surface area contributed by atoms with E-state index in [2.05, 4.69) is 27.9 Å². The highest BCUT2D eigenvalue weighted by Crippen LogP contribution is 2.52. The normalized spacial score (nSPS) is 27.7. The second-order valence-electron chi connectivity index (χ2n) is 8.49. The van der Waals surface area contributed by atoms with Crippen LogP contribution in [0.15, 0.2) is 67.3 Å². The van der Waals surface area contributed by atoms with Gasteiger partial charge in [0.2, 0.25) is 5.91 Å². The Labute approximate surface area is 186 Å². The van der Waals surface area contributed by atoms with Crippen molar-refractivity contribution in [1.82, 2.24) is 5.32 Å². The lowest BCUT2D eigenvalue weighted by Crippen LogP contribution is -2.48. The lowest BCUT2D eigenvalue weighted by atomic mass is 9.91. The smallest absolute Gasteiger partial charge is 0.395 e. The molecular formula is C25H27F2NO4. The van der Waals surface area contributed by atoms with Crippen LogP contribution in [-0.4, -0.2) is 30.5 Å². The highest BCUT2D eigenvalue weighted by atomic mass is 19.3. The van der Waals surface area contributed by atoms with Gasteiger partial charge in [0.1, 0.15) is 0 Å². The number of amides is 1. The van der Waals surface area contributed by atoms with Crippen LogP contribution < -0.4 is 14.8 Å². The Morgan fingerprint density at radius 1 is 1.16 bits per heavy atom. The summed E-state index contributed by atoms with van der Waals surface area (Å²) in [5.41, 5.74) is 0.895. The minimum Gasteiger partial charge on any atom is -0.395 e. The second kappa shape index (κ2) is 8.54. The van der Waals surface area contributed by atoms with Gasteiger partial charge in [-0.05, 0) is 55.9 Å². The first-order valence-corrected chi connectivity index (χ1v) is 10.7. The number of allylic oxidation sites excluding steroid dienone is 4. The van der Waals surface area contributed by atoms with Crippen molar-refractivity contribution in [1.29, 1.82) is 0 Å². The number of alkyl halides is 2. The number of nitrogens with one attached hydrogen (secondary N) is 1. The Morgan fingerprint density at radius 2 is 1.91 bits per heavy atom. The molecule has 1 saturated heterocycles. The van der Waals surface area contributed by atoms with E-state index < -0.39 is 11.7 Å². The molecule has 1 aromatic carbocycles. The van der Waals surface area contributed by atoms with E-state index in [-0.39, 0.29) is 35.7 Å². The Bertz CT molecular complexity index is 980. The average Bonchev–Trinajstić information content (AvgIpc) is 3.48. The van der Waals surface area contributed by atoms with Crippen LogP contribution in [0, 0.1) is 0 Å². The number of rotatable bonds is 7. The first-order chi connectivity index (χ1) is 15.3. The zero-order valence-corrected chi connectivity index (χ0v) is 18.0. The van der Waals surface area contributed by atoms with Gasteiger partial charge in [-0.25, -0.2) is 0 Å². The number of carbonyl (C=O) groups is 1. The summed E-state index contributed by atoms with van der Waals surface area (Å²) in [5.74, 6) is -0.165. The van der Waals surface area contributed by atoms with Crippen LogP contribution in [0.25, 0.3) is 0 Å². The summed E-state index contributed by atoms with van der Waals surface area (Å²) in [5, 5.41) is 3.18. The molecule has 2 heterocycles. The summed E-state index contributed by atoms with van der Waals surface area (Å²) < 4.78 is 41.9. The second-order valence-corrected chi connectivity index (χ2v) is 8.49. The first kappa shape index (κ1) is 22.3. The highest BCUT2D eigenvalue weighted by Gasteiger charge is 2.53. The zero-order chi connectivity index (χ0) is 22.9. The molecule has 3 atom stereocenters. The zero-order valence-electron chi connectivity index (χ0n) is 18.0. The lowest BCUT2D eigenvalue weighted by molar-refractivity contribution is -0.286. The van der Waals surface area contributed by atoms with Crippen molar-refractivity contribution >= 4 is 5.91 Å². The molecule has 32 heavy (non-hydrogen) atoms. The summed E-state index contributed by atoms with van der Waals surface area (Å²) in [6.07, 6.45) is 7.81. The quantitative estimate of drug-likeness (QED) is 0.606. The standard InChI is InChI=1S/C25H27F2NO4/c1-4-6-8-17(7-5-2)21-15-19(13-16(3)30-21)28-23(29)24(11-12-24)18-9-10-20-22(14-18)32-25(26,27)31-20/h4-10,14,16,19,21H,1-2,11-13,15H2,3H3,(H,28,29)/b8-6-,17-7+/t16-,19-,21-/m0/s1. The predicted octanol–water partition coefficient (Wildman–Crippen LogP) is 4.95. The maximum atomic E-state index is 13.4. The van der Waals surface area contributed by atoms with Gasteiger partial charge in [0.25, 0.3) is 0 Å². The summed E-state index contributed by atoms with van der Waals surface area (Å²) in [6, 6.07) is 4.52. The summed E-state index contributed by atoms with van der Waals surface area (Å²) in [6.45, 7) is 9.46.